The molecule has 0 bridgehead atoms. The predicted octanol–water partition coefficient (Wildman–Crippen LogP) is 3.09. The molecular weight excluding hydrogens is 328 g/mol. The molecule has 0 amide bonds. The predicted molar refractivity (Wildman–Crippen MR) is 102 cm³/mol. The second kappa shape index (κ2) is 6.27. The zero-order chi connectivity index (χ0) is 17.3. The molecule has 3 aromatic heterocycles. The molecular formula is C19H18N6O. The summed E-state index contributed by atoms with van der Waals surface area (Å²) < 4.78 is 5.46. The Morgan fingerprint density at radius 2 is 1.96 bits per heavy atom. The second-order valence-electron chi connectivity index (χ2n) is 6.27. The minimum atomic E-state index is 0.700. The number of hydrogen-bond acceptors (Lipinski definition) is 6. The standard InChI is InChI=1S/C19H18N6O/c1-3-13-11-14(22-19-18-15(23-24-19)4-2-6-20-18)12-21-17(13)16(5-1)25-7-9-26-10-8-25/h1-6,11-12H,7-10H2,(H2,22,23,24). The lowest BCUT2D eigenvalue weighted by Gasteiger charge is -2.29. The number of fused-ring (bicyclic) bond motifs is 2. The minimum Gasteiger partial charge on any atom is -0.378 e. The molecule has 1 aromatic carbocycles. The molecule has 1 aliphatic heterocycles. The van der Waals surface area contributed by atoms with E-state index in [1.54, 1.807) is 6.20 Å². The molecule has 26 heavy (non-hydrogen) atoms. The van der Waals surface area contributed by atoms with Gasteiger partial charge in [0, 0.05) is 24.7 Å². The second-order valence-corrected chi connectivity index (χ2v) is 6.27. The molecule has 5 rings (SSSR count). The van der Waals surface area contributed by atoms with Gasteiger partial charge in [0.25, 0.3) is 0 Å². The number of aromatic amines is 1. The van der Waals surface area contributed by atoms with Gasteiger partial charge in [-0.2, -0.15) is 5.10 Å². The molecule has 0 radical (unpaired) electrons. The average Bonchev–Trinajstić information content (AvgIpc) is 3.11. The van der Waals surface area contributed by atoms with E-state index in [-0.39, 0.29) is 0 Å². The number of para-hydroxylation sites is 1. The van der Waals surface area contributed by atoms with Crippen molar-refractivity contribution in [3.8, 4) is 0 Å². The van der Waals surface area contributed by atoms with Gasteiger partial charge in [-0.15, -0.1) is 0 Å². The zero-order valence-corrected chi connectivity index (χ0v) is 14.1. The van der Waals surface area contributed by atoms with E-state index in [9.17, 15) is 0 Å². The van der Waals surface area contributed by atoms with Crippen LogP contribution in [-0.4, -0.2) is 46.5 Å². The van der Waals surface area contributed by atoms with Gasteiger partial charge in [-0.05, 0) is 24.3 Å². The summed E-state index contributed by atoms with van der Waals surface area (Å²) >= 11 is 0. The lowest BCUT2D eigenvalue weighted by Crippen LogP contribution is -2.36. The van der Waals surface area contributed by atoms with E-state index in [1.807, 2.05) is 18.3 Å². The van der Waals surface area contributed by atoms with Crippen LogP contribution in [0.4, 0.5) is 17.2 Å². The van der Waals surface area contributed by atoms with Crippen LogP contribution >= 0.6 is 0 Å². The highest BCUT2D eigenvalue weighted by Crippen LogP contribution is 2.29. The highest BCUT2D eigenvalue weighted by molar-refractivity contribution is 5.94. The Morgan fingerprint density at radius 3 is 2.88 bits per heavy atom. The first-order chi connectivity index (χ1) is 12.9. The first-order valence-corrected chi connectivity index (χ1v) is 8.66. The fourth-order valence-corrected chi connectivity index (χ4v) is 3.35. The van der Waals surface area contributed by atoms with E-state index in [2.05, 4.69) is 49.7 Å². The maximum absolute atomic E-state index is 5.46. The van der Waals surface area contributed by atoms with Crippen LogP contribution in [0.1, 0.15) is 0 Å². The molecule has 4 heterocycles. The van der Waals surface area contributed by atoms with Crippen LogP contribution in [-0.2, 0) is 4.74 Å². The van der Waals surface area contributed by atoms with Crippen molar-refractivity contribution >= 4 is 39.1 Å². The lowest BCUT2D eigenvalue weighted by molar-refractivity contribution is 0.123. The van der Waals surface area contributed by atoms with E-state index >= 15 is 0 Å². The smallest absolute Gasteiger partial charge is 0.178 e. The Hall–Kier alpha value is -3.19. The van der Waals surface area contributed by atoms with Gasteiger partial charge >= 0.3 is 0 Å². The first-order valence-electron chi connectivity index (χ1n) is 8.66. The monoisotopic (exact) mass is 346 g/mol. The van der Waals surface area contributed by atoms with Gasteiger partial charge in [-0.1, -0.05) is 12.1 Å². The topological polar surface area (TPSA) is 79.0 Å². The van der Waals surface area contributed by atoms with E-state index in [1.165, 1.54) is 0 Å². The van der Waals surface area contributed by atoms with Crippen molar-refractivity contribution in [2.75, 3.05) is 36.5 Å². The van der Waals surface area contributed by atoms with E-state index in [0.717, 1.165) is 59.6 Å². The Kier molecular flexibility index (Phi) is 3.64. The van der Waals surface area contributed by atoms with Crippen molar-refractivity contribution in [2.24, 2.45) is 0 Å². The summed E-state index contributed by atoms with van der Waals surface area (Å²) in [6.07, 6.45) is 3.60. The van der Waals surface area contributed by atoms with E-state index < -0.39 is 0 Å². The van der Waals surface area contributed by atoms with Crippen LogP contribution in [0.25, 0.3) is 21.9 Å². The Morgan fingerprint density at radius 1 is 1.04 bits per heavy atom. The largest absolute Gasteiger partial charge is 0.378 e. The number of pyridine rings is 2. The summed E-state index contributed by atoms with van der Waals surface area (Å²) in [5, 5.41) is 11.7. The third kappa shape index (κ3) is 2.62. The highest BCUT2D eigenvalue weighted by atomic mass is 16.5. The molecule has 1 fully saturated rings. The summed E-state index contributed by atoms with van der Waals surface area (Å²) in [5.41, 5.74) is 4.76. The molecule has 7 nitrogen and oxygen atoms in total. The van der Waals surface area contributed by atoms with Gasteiger partial charge in [0.1, 0.15) is 5.52 Å². The molecule has 7 heteroatoms. The summed E-state index contributed by atoms with van der Waals surface area (Å²) in [6.45, 7) is 3.31. The van der Waals surface area contributed by atoms with Crippen LogP contribution < -0.4 is 10.2 Å². The number of benzene rings is 1. The molecule has 0 unspecified atom stereocenters. The number of aromatic nitrogens is 4. The normalized spacial score (nSPS) is 14.8. The van der Waals surface area contributed by atoms with Crippen molar-refractivity contribution in [3.63, 3.8) is 0 Å². The summed E-state index contributed by atoms with van der Waals surface area (Å²) in [4.78, 5) is 11.4. The molecule has 130 valence electrons. The summed E-state index contributed by atoms with van der Waals surface area (Å²) in [7, 11) is 0. The van der Waals surface area contributed by atoms with Gasteiger partial charge in [-0.3, -0.25) is 15.1 Å². The quantitative estimate of drug-likeness (QED) is 0.593. The van der Waals surface area contributed by atoms with Crippen molar-refractivity contribution in [1.82, 2.24) is 20.2 Å². The van der Waals surface area contributed by atoms with Gasteiger partial charge in [-0.25, -0.2) is 0 Å². The van der Waals surface area contributed by atoms with Crippen LogP contribution in [0.3, 0.4) is 0 Å². The van der Waals surface area contributed by atoms with Crippen molar-refractivity contribution in [3.05, 3.63) is 48.8 Å². The number of H-pyrrole nitrogens is 1. The molecule has 1 aliphatic rings. The molecule has 1 saturated heterocycles. The summed E-state index contributed by atoms with van der Waals surface area (Å²) in [6, 6.07) is 12.2. The highest BCUT2D eigenvalue weighted by Gasteiger charge is 2.15. The molecule has 2 N–H and O–H groups in total. The maximum atomic E-state index is 5.46. The van der Waals surface area contributed by atoms with Crippen LogP contribution in [0.15, 0.2) is 48.8 Å². The first kappa shape index (κ1) is 15.1. The van der Waals surface area contributed by atoms with Gasteiger partial charge in [0.15, 0.2) is 5.82 Å². The SMILES string of the molecule is c1cc(N2CCOCC2)c2ncc(Nc3n[nH]c4cccnc34)cc2c1. The maximum Gasteiger partial charge on any atom is 0.178 e. The van der Waals surface area contributed by atoms with E-state index in [4.69, 9.17) is 9.72 Å². The molecule has 0 aliphatic carbocycles. The van der Waals surface area contributed by atoms with Crippen LogP contribution in [0.2, 0.25) is 0 Å². The van der Waals surface area contributed by atoms with Crippen molar-refractivity contribution < 1.29 is 4.74 Å². The number of nitrogens with zero attached hydrogens (tertiary/aromatic N) is 4. The molecule has 0 saturated carbocycles. The van der Waals surface area contributed by atoms with Gasteiger partial charge < -0.3 is 15.0 Å². The minimum absolute atomic E-state index is 0.700. The van der Waals surface area contributed by atoms with Crippen molar-refractivity contribution in [1.29, 1.82) is 0 Å². The summed E-state index contributed by atoms with van der Waals surface area (Å²) in [5.74, 6) is 0.700. The van der Waals surface area contributed by atoms with Crippen LogP contribution in [0.5, 0.6) is 0 Å². The Labute approximate surface area is 150 Å². The molecule has 0 atom stereocenters. The third-order valence-corrected chi connectivity index (χ3v) is 4.62. The number of nitrogens with one attached hydrogen (secondary N) is 2. The fraction of sp³-hybridized carbons (Fsp3) is 0.211. The van der Waals surface area contributed by atoms with Gasteiger partial charge in [0.05, 0.1) is 41.8 Å². The molecule has 4 aromatic rings. The van der Waals surface area contributed by atoms with E-state index in [0.29, 0.717) is 5.82 Å². The fourth-order valence-electron chi connectivity index (χ4n) is 3.35. The number of anilines is 3. The third-order valence-electron chi connectivity index (χ3n) is 4.62. The molecule has 0 spiro atoms. The van der Waals surface area contributed by atoms with Gasteiger partial charge in [0.2, 0.25) is 0 Å². The lowest BCUT2D eigenvalue weighted by atomic mass is 10.1. The van der Waals surface area contributed by atoms with Crippen molar-refractivity contribution in [2.45, 2.75) is 0 Å². The Balaban J connectivity index is 1.50. The number of ether oxygens (including phenoxy) is 1. The number of rotatable bonds is 3. The number of hydrogen-bond donors (Lipinski definition) is 2. The number of morpholine rings is 1. The zero-order valence-electron chi connectivity index (χ0n) is 14.1. The van der Waals surface area contributed by atoms with Crippen LogP contribution in [0, 0.1) is 0 Å². The average molecular weight is 346 g/mol. The Bertz CT molecular complexity index is 1070.